The van der Waals surface area contributed by atoms with Gasteiger partial charge in [-0.1, -0.05) is 19.9 Å². The molecule has 0 aliphatic carbocycles. The van der Waals surface area contributed by atoms with Crippen molar-refractivity contribution in [1.82, 2.24) is 19.7 Å². The maximum atomic E-state index is 5.84. The summed E-state index contributed by atoms with van der Waals surface area (Å²) in [6.07, 6.45) is 4.41. The van der Waals surface area contributed by atoms with E-state index < -0.39 is 0 Å². The van der Waals surface area contributed by atoms with E-state index in [1.807, 2.05) is 17.8 Å². The van der Waals surface area contributed by atoms with Gasteiger partial charge in [0.25, 0.3) is 0 Å². The minimum atomic E-state index is 0.145. The van der Waals surface area contributed by atoms with Crippen LogP contribution >= 0.6 is 0 Å². The first-order chi connectivity index (χ1) is 9.55. The van der Waals surface area contributed by atoms with E-state index in [0.29, 0.717) is 0 Å². The number of aryl methyl sites for hydroxylation is 3. The highest BCUT2D eigenvalue weighted by Crippen LogP contribution is 2.15. The molecule has 2 aromatic rings. The first-order valence-corrected chi connectivity index (χ1v) is 7.21. The lowest BCUT2D eigenvalue weighted by Gasteiger charge is -2.10. The van der Waals surface area contributed by atoms with Crippen LogP contribution in [0.25, 0.3) is 5.82 Å². The van der Waals surface area contributed by atoms with Gasteiger partial charge in [-0.05, 0) is 31.4 Å². The summed E-state index contributed by atoms with van der Waals surface area (Å²) in [4.78, 5) is 9.09. The Labute approximate surface area is 120 Å². The van der Waals surface area contributed by atoms with E-state index in [-0.39, 0.29) is 6.04 Å². The van der Waals surface area contributed by atoms with Crippen molar-refractivity contribution in [2.45, 2.75) is 53.0 Å². The van der Waals surface area contributed by atoms with Crippen LogP contribution in [0.4, 0.5) is 0 Å². The Bertz CT molecular complexity index is 586. The highest BCUT2D eigenvalue weighted by atomic mass is 15.4. The number of rotatable bonds is 5. The Morgan fingerprint density at radius 2 is 2.05 bits per heavy atom. The van der Waals surface area contributed by atoms with Gasteiger partial charge in [-0.15, -0.1) is 5.10 Å². The van der Waals surface area contributed by atoms with Crippen molar-refractivity contribution in [1.29, 1.82) is 0 Å². The van der Waals surface area contributed by atoms with Gasteiger partial charge in [-0.3, -0.25) is 0 Å². The predicted octanol–water partition coefficient (Wildman–Crippen LogP) is 1.99. The van der Waals surface area contributed by atoms with Gasteiger partial charge in [0.15, 0.2) is 11.6 Å². The van der Waals surface area contributed by atoms with Crippen LogP contribution < -0.4 is 5.73 Å². The zero-order chi connectivity index (χ0) is 14.7. The average Bonchev–Trinajstić information content (AvgIpc) is 2.81. The van der Waals surface area contributed by atoms with E-state index in [9.17, 15) is 0 Å². The lowest BCUT2D eigenvalue weighted by atomic mass is 10.1. The van der Waals surface area contributed by atoms with Crippen molar-refractivity contribution in [3.05, 3.63) is 35.0 Å². The maximum absolute atomic E-state index is 5.84. The van der Waals surface area contributed by atoms with Crippen LogP contribution in [0.3, 0.4) is 0 Å². The number of hydrogen-bond acceptors (Lipinski definition) is 4. The molecule has 0 radical (unpaired) electrons. The quantitative estimate of drug-likeness (QED) is 0.904. The molecule has 5 heteroatoms. The molecule has 2 aromatic heterocycles. The van der Waals surface area contributed by atoms with Gasteiger partial charge in [-0.2, -0.15) is 4.68 Å². The zero-order valence-electron chi connectivity index (χ0n) is 12.7. The van der Waals surface area contributed by atoms with Gasteiger partial charge in [0, 0.05) is 25.1 Å². The summed E-state index contributed by atoms with van der Waals surface area (Å²) >= 11 is 0. The summed E-state index contributed by atoms with van der Waals surface area (Å²) in [7, 11) is 0. The molecule has 2 N–H and O–H groups in total. The normalized spacial score (nSPS) is 12.7. The number of hydrogen-bond donors (Lipinski definition) is 1. The van der Waals surface area contributed by atoms with E-state index in [4.69, 9.17) is 5.73 Å². The van der Waals surface area contributed by atoms with Crippen LogP contribution in [0.2, 0.25) is 0 Å². The van der Waals surface area contributed by atoms with E-state index in [2.05, 4.69) is 41.9 Å². The molecule has 1 unspecified atom stereocenters. The van der Waals surface area contributed by atoms with Gasteiger partial charge < -0.3 is 5.73 Å². The minimum Gasteiger partial charge on any atom is -0.328 e. The number of pyridine rings is 1. The second-order valence-corrected chi connectivity index (χ2v) is 5.23. The van der Waals surface area contributed by atoms with Crippen LogP contribution in [0, 0.1) is 6.92 Å². The zero-order valence-corrected chi connectivity index (χ0v) is 12.7. The minimum absolute atomic E-state index is 0.145. The highest BCUT2D eigenvalue weighted by Gasteiger charge is 2.13. The third-order valence-electron chi connectivity index (χ3n) is 3.22. The molecule has 0 aromatic carbocycles. The number of nitrogens with two attached hydrogens (primary N) is 1. The molecule has 2 rings (SSSR count). The Morgan fingerprint density at radius 1 is 1.30 bits per heavy atom. The molecular weight excluding hydrogens is 250 g/mol. The molecule has 0 aliphatic heterocycles. The Hall–Kier alpha value is -1.75. The summed E-state index contributed by atoms with van der Waals surface area (Å²) in [6.45, 7) is 8.20. The van der Waals surface area contributed by atoms with Crippen molar-refractivity contribution in [3.8, 4) is 5.82 Å². The first kappa shape index (κ1) is 14.7. The average molecular weight is 273 g/mol. The highest BCUT2D eigenvalue weighted by molar-refractivity contribution is 5.35. The van der Waals surface area contributed by atoms with Crippen molar-refractivity contribution >= 4 is 0 Å². The molecule has 1 atom stereocenters. The van der Waals surface area contributed by atoms with Gasteiger partial charge in [0.2, 0.25) is 0 Å². The molecule has 0 saturated heterocycles. The monoisotopic (exact) mass is 273 g/mol. The Morgan fingerprint density at radius 3 is 2.60 bits per heavy atom. The summed E-state index contributed by atoms with van der Waals surface area (Å²) in [5, 5.41) is 4.54. The fourth-order valence-electron chi connectivity index (χ4n) is 2.27. The third kappa shape index (κ3) is 3.04. The lowest BCUT2D eigenvalue weighted by Crippen LogP contribution is -2.18. The SMILES string of the molecule is CCc1nc(CC)n(-c2ncc(CC(C)N)cc2C)n1. The Balaban J connectivity index is 2.40. The first-order valence-electron chi connectivity index (χ1n) is 7.21. The van der Waals surface area contributed by atoms with Crippen LogP contribution in [-0.4, -0.2) is 25.8 Å². The molecule has 0 spiro atoms. The van der Waals surface area contributed by atoms with Gasteiger partial charge in [0.1, 0.15) is 5.82 Å². The number of nitrogens with zero attached hydrogens (tertiary/aromatic N) is 4. The van der Waals surface area contributed by atoms with E-state index >= 15 is 0 Å². The second kappa shape index (κ2) is 6.13. The van der Waals surface area contributed by atoms with Crippen molar-refractivity contribution in [2.24, 2.45) is 5.73 Å². The lowest BCUT2D eigenvalue weighted by molar-refractivity contribution is 0.727. The summed E-state index contributed by atoms with van der Waals surface area (Å²) in [5.41, 5.74) is 8.10. The van der Waals surface area contributed by atoms with Gasteiger partial charge in [0.05, 0.1) is 0 Å². The maximum Gasteiger partial charge on any atom is 0.158 e. The predicted molar refractivity (Wildman–Crippen MR) is 80.0 cm³/mol. The summed E-state index contributed by atoms with van der Waals surface area (Å²) in [6, 6.07) is 2.28. The van der Waals surface area contributed by atoms with Crippen LogP contribution in [0.1, 0.15) is 43.5 Å². The molecule has 0 bridgehead atoms. The fourth-order valence-corrected chi connectivity index (χ4v) is 2.27. The molecule has 0 amide bonds. The number of aromatic nitrogens is 4. The molecule has 5 nitrogen and oxygen atoms in total. The molecular formula is C15H23N5. The van der Waals surface area contributed by atoms with Crippen LogP contribution in [0.15, 0.2) is 12.3 Å². The summed E-state index contributed by atoms with van der Waals surface area (Å²) < 4.78 is 1.86. The topological polar surface area (TPSA) is 69.6 Å². The molecule has 0 fully saturated rings. The molecule has 108 valence electrons. The van der Waals surface area contributed by atoms with Gasteiger partial charge in [-0.25, -0.2) is 9.97 Å². The van der Waals surface area contributed by atoms with Crippen LogP contribution in [-0.2, 0) is 19.3 Å². The van der Waals surface area contributed by atoms with E-state index in [1.54, 1.807) is 0 Å². The third-order valence-corrected chi connectivity index (χ3v) is 3.22. The second-order valence-electron chi connectivity index (χ2n) is 5.23. The van der Waals surface area contributed by atoms with Crippen molar-refractivity contribution < 1.29 is 0 Å². The van der Waals surface area contributed by atoms with E-state index in [1.165, 1.54) is 0 Å². The smallest absolute Gasteiger partial charge is 0.158 e. The standard InChI is InChI=1S/C15H23N5/c1-5-13-18-14(6-2)20(19-13)15-10(3)7-12(9-17-15)8-11(4)16/h7,9,11H,5-6,8,16H2,1-4H3. The molecule has 20 heavy (non-hydrogen) atoms. The van der Waals surface area contributed by atoms with E-state index in [0.717, 1.165) is 47.9 Å². The Kier molecular flexibility index (Phi) is 4.49. The van der Waals surface area contributed by atoms with Crippen molar-refractivity contribution in [3.63, 3.8) is 0 Å². The van der Waals surface area contributed by atoms with Crippen LogP contribution in [0.5, 0.6) is 0 Å². The fraction of sp³-hybridized carbons (Fsp3) is 0.533. The molecule has 2 heterocycles. The molecule has 0 saturated carbocycles. The van der Waals surface area contributed by atoms with Gasteiger partial charge >= 0.3 is 0 Å². The largest absolute Gasteiger partial charge is 0.328 e. The summed E-state index contributed by atoms with van der Waals surface area (Å²) in [5.74, 6) is 2.68. The molecule has 0 aliphatic rings. The van der Waals surface area contributed by atoms with Crippen molar-refractivity contribution in [2.75, 3.05) is 0 Å².